The fourth-order valence-electron chi connectivity index (χ4n) is 3.33. The van der Waals surface area contributed by atoms with E-state index in [4.69, 9.17) is 26.8 Å². The zero-order valence-electron chi connectivity index (χ0n) is 15.8. The molecule has 150 valence electrons. The third kappa shape index (κ3) is 4.50. The number of thiocarbonyl (C=S) groups is 1. The molecule has 2 fully saturated rings. The first-order valence-corrected chi connectivity index (χ1v) is 10.6. The van der Waals surface area contributed by atoms with Gasteiger partial charge in [0.1, 0.15) is 4.32 Å². The maximum atomic E-state index is 12.8. The van der Waals surface area contributed by atoms with Crippen molar-refractivity contribution in [3.63, 3.8) is 0 Å². The lowest BCUT2D eigenvalue weighted by atomic mass is 10.1. The number of hydrogen-bond donors (Lipinski definition) is 1. The zero-order chi connectivity index (χ0) is 20.3. The Kier molecular flexibility index (Phi) is 6.61. The summed E-state index contributed by atoms with van der Waals surface area (Å²) >= 11 is 6.75. The summed E-state index contributed by atoms with van der Waals surface area (Å²) in [6.45, 7) is 3.70. The van der Waals surface area contributed by atoms with Crippen molar-refractivity contribution in [2.75, 3.05) is 6.61 Å². The van der Waals surface area contributed by atoms with E-state index in [1.165, 1.54) is 18.7 Å². The Morgan fingerprint density at radius 3 is 2.75 bits per heavy atom. The lowest BCUT2D eigenvalue weighted by Crippen LogP contribution is -2.36. The minimum absolute atomic E-state index is 0.0420. The van der Waals surface area contributed by atoms with Gasteiger partial charge in [-0.05, 0) is 50.5 Å². The molecule has 1 amide bonds. The smallest absolute Gasteiger partial charge is 0.344 e. The Morgan fingerprint density at radius 2 is 2.11 bits per heavy atom. The quantitative estimate of drug-likeness (QED) is 0.525. The summed E-state index contributed by atoms with van der Waals surface area (Å²) in [7, 11) is 0. The third-order valence-corrected chi connectivity index (χ3v) is 6.06. The monoisotopic (exact) mass is 421 g/mol. The van der Waals surface area contributed by atoms with Crippen LogP contribution in [-0.2, 0) is 9.59 Å². The Bertz CT molecular complexity index is 817. The predicted octanol–water partition coefficient (Wildman–Crippen LogP) is 4.08. The highest BCUT2D eigenvalue weighted by Crippen LogP contribution is 2.38. The van der Waals surface area contributed by atoms with Crippen LogP contribution >= 0.6 is 24.0 Å². The molecule has 1 unspecified atom stereocenters. The van der Waals surface area contributed by atoms with E-state index in [9.17, 15) is 9.59 Å². The molecule has 6 nitrogen and oxygen atoms in total. The number of thioether (sulfide) groups is 1. The molecule has 1 aromatic carbocycles. The van der Waals surface area contributed by atoms with Crippen LogP contribution in [0.3, 0.4) is 0 Å². The van der Waals surface area contributed by atoms with Gasteiger partial charge in [-0.2, -0.15) is 0 Å². The second-order valence-electron chi connectivity index (χ2n) is 6.73. The largest absolute Gasteiger partial charge is 0.490 e. The first-order valence-electron chi connectivity index (χ1n) is 9.34. The van der Waals surface area contributed by atoms with Crippen molar-refractivity contribution < 1.29 is 24.2 Å². The third-order valence-electron chi connectivity index (χ3n) is 4.73. The Morgan fingerprint density at radius 1 is 1.39 bits per heavy atom. The molecule has 1 aliphatic carbocycles. The van der Waals surface area contributed by atoms with Crippen LogP contribution in [0.5, 0.6) is 11.5 Å². The predicted molar refractivity (Wildman–Crippen MR) is 113 cm³/mol. The van der Waals surface area contributed by atoms with Crippen molar-refractivity contribution in [2.45, 2.75) is 51.7 Å². The van der Waals surface area contributed by atoms with Crippen LogP contribution in [0.15, 0.2) is 23.1 Å². The molecule has 1 saturated carbocycles. The number of rotatable bonds is 7. The highest BCUT2D eigenvalue weighted by molar-refractivity contribution is 8.26. The van der Waals surface area contributed by atoms with Gasteiger partial charge in [-0.25, -0.2) is 4.79 Å². The van der Waals surface area contributed by atoms with E-state index in [-0.39, 0.29) is 11.9 Å². The molecule has 0 bridgehead atoms. The molecule has 8 heteroatoms. The van der Waals surface area contributed by atoms with Gasteiger partial charge in [0.15, 0.2) is 17.6 Å². The summed E-state index contributed by atoms with van der Waals surface area (Å²) in [6, 6.07) is 5.39. The number of benzene rings is 1. The van der Waals surface area contributed by atoms with E-state index in [1.54, 1.807) is 29.2 Å². The molecule has 0 spiro atoms. The van der Waals surface area contributed by atoms with Crippen molar-refractivity contribution in [1.82, 2.24) is 4.90 Å². The molecule has 1 heterocycles. The van der Waals surface area contributed by atoms with Crippen LogP contribution in [0, 0.1) is 0 Å². The van der Waals surface area contributed by atoms with E-state index in [0.29, 0.717) is 27.3 Å². The zero-order valence-corrected chi connectivity index (χ0v) is 17.5. The number of nitrogens with zero attached hydrogens (tertiary/aromatic N) is 1. The Hall–Kier alpha value is -2.06. The van der Waals surface area contributed by atoms with Crippen LogP contribution in [-0.4, -0.2) is 45.0 Å². The lowest BCUT2D eigenvalue weighted by molar-refractivity contribution is -0.144. The van der Waals surface area contributed by atoms with E-state index in [1.807, 2.05) is 6.92 Å². The van der Waals surface area contributed by atoms with Gasteiger partial charge in [0.25, 0.3) is 5.91 Å². The second-order valence-corrected chi connectivity index (χ2v) is 8.40. The number of hydrogen-bond acceptors (Lipinski definition) is 6. The molecule has 0 aromatic heterocycles. The number of carboxylic acid groups (broad SMARTS) is 1. The van der Waals surface area contributed by atoms with Gasteiger partial charge < -0.3 is 14.6 Å². The first kappa shape index (κ1) is 20.7. The van der Waals surface area contributed by atoms with Crippen LogP contribution in [0.25, 0.3) is 6.08 Å². The number of amides is 1. The van der Waals surface area contributed by atoms with Gasteiger partial charge in [-0.15, -0.1) is 0 Å². The minimum Gasteiger partial charge on any atom is -0.490 e. The molecular weight excluding hydrogens is 398 g/mol. The summed E-state index contributed by atoms with van der Waals surface area (Å²) in [4.78, 5) is 26.2. The van der Waals surface area contributed by atoms with Crippen LogP contribution < -0.4 is 9.47 Å². The number of aliphatic carboxylic acids is 1. The van der Waals surface area contributed by atoms with Gasteiger partial charge in [-0.3, -0.25) is 9.69 Å². The lowest BCUT2D eigenvalue weighted by Gasteiger charge is -2.21. The fraction of sp³-hybridized carbons (Fsp3) is 0.450. The van der Waals surface area contributed by atoms with Crippen LogP contribution in [0.2, 0.25) is 0 Å². The fourth-order valence-corrected chi connectivity index (χ4v) is 4.73. The van der Waals surface area contributed by atoms with E-state index >= 15 is 0 Å². The average molecular weight is 422 g/mol. The normalized spacial score (nSPS) is 20.1. The molecule has 0 radical (unpaired) electrons. The van der Waals surface area contributed by atoms with Gasteiger partial charge in [-0.1, -0.05) is 42.9 Å². The number of carbonyl (C=O) groups is 2. The summed E-state index contributed by atoms with van der Waals surface area (Å²) < 4.78 is 11.7. The summed E-state index contributed by atoms with van der Waals surface area (Å²) in [5.41, 5.74) is 0.769. The van der Waals surface area contributed by atoms with E-state index in [2.05, 4.69) is 0 Å². The Labute approximate surface area is 173 Å². The summed E-state index contributed by atoms with van der Waals surface area (Å²) in [6.07, 6.45) is 5.07. The Balaban J connectivity index is 1.83. The van der Waals surface area contributed by atoms with E-state index in [0.717, 1.165) is 31.2 Å². The molecule has 3 rings (SSSR count). The average Bonchev–Trinajstić information content (AvgIpc) is 3.25. The van der Waals surface area contributed by atoms with Crippen molar-refractivity contribution in [3.8, 4) is 11.5 Å². The number of carbonyl (C=O) groups excluding carboxylic acids is 1. The maximum Gasteiger partial charge on any atom is 0.344 e. The van der Waals surface area contributed by atoms with Crippen molar-refractivity contribution in [3.05, 3.63) is 28.7 Å². The highest BCUT2D eigenvalue weighted by atomic mass is 32.2. The molecule has 1 aliphatic heterocycles. The van der Waals surface area contributed by atoms with Crippen LogP contribution in [0.4, 0.5) is 0 Å². The second kappa shape index (κ2) is 8.96. The van der Waals surface area contributed by atoms with Gasteiger partial charge in [0, 0.05) is 6.04 Å². The molecule has 28 heavy (non-hydrogen) atoms. The molecule has 1 saturated heterocycles. The molecule has 1 N–H and O–H groups in total. The highest BCUT2D eigenvalue weighted by Gasteiger charge is 2.38. The molecule has 1 atom stereocenters. The van der Waals surface area contributed by atoms with Gasteiger partial charge in [0.05, 0.1) is 11.5 Å². The molecule has 1 aromatic rings. The maximum absolute atomic E-state index is 12.8. The number of ether oxygens (including phenoxy) is 2. The molecular formula is C20H23NO5S2. The van der Waals surface area contributed by atoms with E-state index < -0.39 is 12.1 Å². The standard InChI is InChI=1S/C20H23NO5S2/c1-3-25-16-10-13(8-9-15(16)26-12(2)19(23)24)11-17-18(22)21(20(27)28-17)14-6-4-5-7-14/h8-12,14H,3-7H2,1-2H3,(H,23,24)/b17-11+. The summed E-state index contributed by atoms with van der Waals surface area (Å²) in [5, 5.41) is 9.04. The van der Waals surface area contributed by atoms with Gasteiger partial charge >= 0.3 is 5.97 Å². The van der Waals surface area contributed by atoms with Gasteiger partial charge in [0.2, 0.25) is 0 Å². The van der Waals surface area contributed by atoms with Crippen molar-refractivity contribution >= 4 is 46.3 Å². The first-order chi connectivity index (χ1) is 13.4. The SMILES string of the molecule is CCOc1cc(/C=C2/SC(=S)N(C3CCCC3)C2=O)ccc1OC(C)C(=O)O. The number of carboxylic acids is 1. The molecule has 2 aliphatic rings. The minimum atomic E-state index is -1.05. The van der Waals surface area contributed by atoms with Crippen molar-refractivity contribution in [1.29, 1.82) is 0 Å². The van der Waals surface area contributed by atoms with Crippen LogP contribution in [0.1, 0.15) is 45.1 Å². The topological polar surface area (TPSA) is 76.1 Å². The summed E-state index contributed by atoms with van der Waals surface area (Å²) in [5.74, 6) is -0.301. The van der Waals surface area contributed by atoms with Crippen molar-refractivity contribution in [2.24, 2.45) is 0 Å².